The van der Waals surface area contributed by atoms with Gasteiger partial charge < -0.3 is 15.4 Å². The number of methoxy groups -OCH3 is 1. The first-order valence-electron chi connectivity index (χ1n) is 8.41. The second-order valence-electron chi connectivity index (χ2n) is 6.23. The van der Waals surface area contributed by atoms with Crippen molar-refractivity contribution in [1.29, 1.82) is 0 Å². The summed E-state index contributed by atoms with van der Waals surface area (Å²) in [6, 6.07) is 5.92. The van der Waals surface area contributed by atoms with E-state index in [2.05, 4.69) is 32.7 Å². The lowest BCUT2D eigenvalue weighted by molar-refractivity contribution is 0.0310. The molecule has 0 saturated carbocycles. The van der Waals surface area contributed by atoms with Crippen LogP contribution in [0.2, 0.25) is 0 Å². The maximum Gasteiger partial charge on any atom is 0.191 e. The van der Waals surface area contributed by atoms with Gasteiger partial charge in [0.05, 0.1) is 12.1 Å². The molecule has 0 aliphatic rings. The van der Waals surface area contributed by atoms with Crippen LogP contribution in [0.4, 0.5) is 0 Å². The Balaban J connectivity index is 0.00000312. The molecular formula is C17H29IN6O. The normalized spacial score (nSPS) is 12.1. The third kappa shape index (κ3) is 6.77. The highest BCUT2D eigenvalue weighted by Gasteiger charge is 2.15. The third-order valence-corrected chi connectivity index (χ3v) is 3.77. The monoisotopic (exact) mass is 460 g/mol. The van der Waals surface area contributed by atoms with Gasteiger partial charge in [-0.3, -0.25) is 9.39 Å². The molecule has 25 heavy (non-hydrogen) atoms. The van der Waals surface area contributed by atoms with Crippen molar-refractivity contribution in [2.75, 3.05) is 26.7 Å². The summed E-state index contributed by atoms with van der Waals surface area (Å²) in [5.74, 6) is 1.79. The van der Waals surface area contributed by atoms with Crippen molar-refractivity contribution in [1.82, 2.24) is 25.2 Å². The largest absolute Gasteiger partial charge is 0.377 e. The quantitative estimate of drug-likeness (QED) is 0.274. The molecule has 2 rings (SSSR count). The highest BCUT2D eigenvalue weighted by atomic mass is 127. The summed E-state index contributed by atoms with van der Waals surface area (Å²) in [5.41, 5.74) is 0.625. The van der Waals surface area contributed by atoms with E-state index in [1.807, 2.05) is 42.6 Å². The van der Waals surface area contributed by atoms with Crippen LogP contribution in [0.3, 0.4) is 0 Å². The van der Waals surface area contributed by atoms with Crippen molar-refractivity contribution in [3.63, 3.8) is 0 Å². The van der Waals surface area contributed by atoms with Crippen molar-refractivity contribution < 1.29 is 4.74 Å². The Morgan fingerprint density at radius 2 is 2.08 bits per heavy atom. The Hall–Kier alpha value is -1.42. The Labute approximate surface area is 166 Å². The van der Waals surface area contributed by atoms with E-state index in [9.17, 15) is 0 Å². The number of aromatic nitrogens is 3. The van der Waals surface area contributed by atoms with Gasteiger partial charge in [0.1, 0.15) is 5.82 Å². The molecule has 0 bridgehead atoms. The second-order valence-corrected chi connectivity index (χ2v) is 6.23. The van der Waals surface area contributed by atoms with Gasteiger partial charge in [-0.05, 0) is 39.3 Å². The molecule has 0 atom stereocenters. The van der Waals surface area contributed by atoms with Crippen LogP contribution in [-0.2, 0) is 11.2 Å². The highest BCUT2D eigenvalue weighted by molar-refractivity contribution is 14.0. The van der Waals surface area contributed by atoms with E-state index in [-0.39, 0.29) is 29.6 Å². The molecule has 0 aliphatic carbocycles. The maximum absolute atomic E-state index is 5.40. The molecule has 0 spiro atoms. The van der Waals surface area contributed by atoms with Crippen LogP contribution in [0, 0.1) is 0 Å². The smallest absolute Gasteiger partial charge is 0.191 e. The van der Waals surface area contributed by atoms with Crippen molar-refractivity contribution in [2.45, 2.75) is 39.2 Å². The molecule has 0 fully saturated rings. The van der Waals surface area contributed by atoms with Crippen LogP contribution in [0.15, 0.2) is 29.4 Å². The average Bonchev–Trinajstić information content (AvgIpc) is 3.00. The zero-order valence-electron chi connectivity index (χ0n) is 15.5. The number of ether oxygens (including phenoxy) is 1. The van der Waals surface area contributed by atoms with Gasteiger partial charge in [0.2, 0.25) is 0 Å². The third-order valence-electron chi connectivity index (χ3n) is 3.77. The highest BCUT2D eigenvalue weighted by Crippen LogP contribution is 2.07. The molecule has 2 heterocycles. The van der Waals surface area contributed by atoms with E-state index < -0.39 is 0 Å². The summed E-state index contributed by atoms with van der Waals surface area (Å²) in [6.45, 7) is 8.36. The molecule has 0 saturated heterocycles. The molecule has 0 amide bonds. The van der Waals surface area contributed by atoms with Crippen molar-refractivity contribution >= 4 is 35.6 Å². The first-order chi connectivity index (χ1) is 11.6. The summed E-state index contributed by atoms with van der Waals surface area (Å²) in [7, 11) is 1.71. The Kier molecular flexibility index (Phi) is 9.12. The van der Waals surface area contributed by atoms with E-state index in [4.69, 9.17) is 4.74 Å². The zero-order chi connectivity index (χ0) is 17.4. The van der Waals surface area contributed by atoms with Gasteiger partial charge in [0.15, 0.2) is 11.6 Å². The number of nitrogens with zero attached hydrogens (tertiary/aromatic N) is 4. The number of pyridine rings is 1. The topological polar surface area (TPSA) is 75.8 Å². The number of halogens is 1. The molecule has 8 heteroatoms. The summed E-state index contributed by atoms with van der Waals surface area (Å²) in [5, 5.41) is 15.0. The van der Waals surface area contributed by atoms with Gasteiger partial charge in [-0.2, -0.15) is 0 Å². The van der Waals surface area contributed by atoms with Gasteiger partial charge >= 0.3 is 0 Å². The molecule has 0 unspecified atom stereocenters. The summed E-state index contributed by atoms with van der Waals surface area (Å²) in [4.78, 5) is 4.58. The minimum atomic E-state index is -0.261. The van der Waals surface area contributed by atoms with Crippen LogP contribution >= 0.6 is 24.0 Å². The fourth-order valence-corrected chi connectivity index (χ4v) is 2.19. The van der Waals surface area contributed by atoms with Gasteiger partial charge in [-0.25, -0.2) is 0 Å². The number of guanidine groups is 1. The Morgan fingerprint density at radius 3 is 2.80 bits per heavy atom. The number of fused-ring (bicyclic) bond motifs is 1. The first kappa shape index (κ1) is 21.6. The number of hydrogen-bond donors (Lipinski definition) is 2. The molecule has 7 nitrogen and oxygen atoms in total. The lowest BCUT2D eigenvalue weighted by Crippen LogP contribution is -2.39. The average molecular weight is 460 g/mol. The molecule has 0 radical (unpaired) electrons. The molecule has 2 aromatic heterocycles. The van der Waals surface area contributed by atoms with Gasteiger partial charge in [0.25, 0.3) is 0 Å². The lowest BCUT2D eigenvalue weighted by Gasteiger charge is -2.21. The summed E-state index contributed by atoms with van der Waals surface area (Å²) >= 11 is 0. The van der Waals surface area contributed by atoms with Crippen molar-refractivity contribution in [2.24, 2.45) is 4.99 Å². The van der Waals surface area contributed by atoms with Crippen LogP contribution in [0.25, 0.3) is 5.65 Å². The number of nitrogens with one attached hydrogen (secondary N) is 2. The van der Waals surface area contributed by atoms with Crippen molar-refractivity contribution in [3.05, 3.63) is 30.2 Å². The van der Waals surface area contributed by atoms with Gasteiger partial charge in [-0.1, -0.05) is 6.07 Å². The predicted octanol–water partition coefficient (Wildman–Crippen LogP) is 2.26. The van der Waals surface area contributed by atoms with E-state index in [0.29, 0.717) is 6.54 Å². The van der Waals surface area contributed by atoms with Crippen LogP contribution in [0.5, 0.6) is 0 Å². The standard InChI is InChI=1S/C17H28N6O.HI/c1-5-18-16(20-13-17(2,3)24-4)19-11-8-10-15-22-21-14-9-6-7-12-23(14)15;/h6-7,9,12H,5,8,10-11,13H2,1-4H3,(H2,18,19,20);1H. The molecule has 0 aromatic carbocycles. The SMILES string of the molecule is CCNC(=NCC(C)(C)OC)NCCCc1nnc2ccccn12.I. The number of aliphatic imine (C=N–C) groups is 1. The zero-order valence-corrected chi connectivity index (χ0v) is 17.8. The van der Waals surface area contributed by atoms with E-state index in [1.165, 1.54) is 0 Å². The minimum Gasteiger partial charge on any atom is -0.377 e. The van der Waals surface area contributed by atoms with E-state index >= 15 is 0 Å². The van der Waals surface area contributed by atoms with Crippen LogP contribution in [-0.4, -0.2) is 52.9 Å². The Bertz CT molecular complexity index is 670. The van der Waals surface area contributed by atoms with Crippen LogP contribution in [0.1, 0.15) is 33.0 Å². The van der Waals surface area contributed by atoms with Crippen molar-refractivity contribution in [3.8, 4) is 0 Å². The maximum atomic E-state index is 5.40. The van der Waals surface area contributed by atoms with E-state index in [0.717, 1.165) is 43.4 Å². The minimum absolute atomic E-state index is 0. The van der Waals surface area contributed by atoms with Crippen LogP contribution < -0.4 is 10.6 Å². The number of rotatable bonds is 8. The summed E-state index contributed by atoms with van der Waals surface area (Å²) < 4.78 is 7.43. The first-order valence-corrected chi connectivity index (χ1v) is 8.41. The molecule has 140 valence electrons. The number of hydrogen-bond acceptors (Lipinski definition) is 4. The number of aryl methyl sites for hydroxylation is 1. The Morgan fingerprint density at radius 1 is 1.28 bits per heavy atom. The van der Waals surface area contributed by atoms with Gasteiger partial charge in [0, 0.05) is 32.8 Å². The molecule has 0 aliphatic heterocycles. The second kappa shape index (κ2) is 10.5. The predicted molar refractivity (Wildman–Crippen MR) is 112 cm³/mol. The van der Waals surface area contributed by atoms with E-state index in [1.54, 1.807) is 7.11 Å². The summed E-state index contributed by atoms with van der Waals surface area (Å²) in [6.07, 6.45) is 3.81. The molecule has 2 aromatic rings. The van der Waals surface area contributed by atoms with Gasteiger partial charge in [-0.15, -0.1) is 34.2 Å². The molecule has 2 N–H and O–H groups in total. The fraction of sp³-hybridized carbons (Fsp3) is 0.588. The lowest BCUT2D eigenvalue weighted by atomic mass is 10.1. The molecular weight excluding hydrogens is 431 g/mol. The fourth-order valence-electron chi connectivity index (χ4n) is 2.19.